The smallest absolute Gasteiger partial charge is 0.243 e. The Morgan fingerprint density at radius 1 is 1.06 bits per heavy atom. The van der Waals surface area contributed by atoms with E-state index in [-0.39, 0.29) is 10.8 Å². The summed E-state index contributed by atoms with van der Waals surface area (Å²) in [6.45, 7) is 2.93. The molecule has 1 amide bonds. The highest BCUT2D eigenvalue weighted by Gasteiger charge is 2.39. The number of rotatable bonds is 7. The summed E-state index contributed by atoms with van der Waals surface area (Å²) >= 11 is 0. The van der Waals surface area contributed by atoms with E-state index in [1.54, 1.807) is 18.2 Å². The Bertz CT molecular complexity index is 1190. The van der Waals surface area contributed by atoms with Crippen LogP contribution in [0.25, 0.3) is 10.8 Å². The zero-order valence-electron chi connectivity index (χ0n) is 17.5. The Morgan fingerprint density at radius 3 is 2.61 bits per heavy atom. The lowest BCUT2D eigenvalue weighted by atomic mass is 10.1. The Labute approximate surface area is 182 Å². The number of nitrogens with zero attached hydrogens (tertiary/aromatic N) is 1. The Balaban J connectivity index is 1.41. The molecule has 3 aromatic rings. The number of hydrogen-bond donors (Lipinski definition) is 1. The molecule has 162 valence electrons. The van der Waals surface area contributed by atoms with Gasteiger partial charge in [0.25, 0.3) is 0 Å². The van der Waals surface area contributed by atoms with E-state index < -0.39 is 16.1 Å². The van der Waals surface area contributed by atoms with Gasteiger partial charge in [-0.3, -0.25) is 4.79 Å². The van der Waals surface area contributed by atoms with Crippen LogP contribution in [-0.4, -0.2) is 44.4 Å². The first-order valence-corrected chi connectivity index (χ1v) is 11.9. The van der Waals surface area contributed by atoms with E-state index in [1.807, 2.05) is 55.5 Å². The first-order chi connectivity index (χ1) is 15.0. The van der Waals surface area contributed by atoms with Gasteiger partial charge >= 0.3 is 0 Å². The van der Waals surface area contributed by atoms with E-state index in [0.29, 0.717) is 32.5 Å². The molecule has 3 aromatic carbocycles. The zero-order chi connectivity index (χ0) is 21.8. The Kier molecular flexibility index (Phi) is 6.25. The minimum atomic E-state index is -3.76. The van der Waals surface area contributed by atoms with E-state index in [9.17, 15) is 13.2 Å². The normalized spacial score (nSPS) is 17.0. The molecule has 0 aromatic heterocycles. The molecule has 0 saturated carbocycles. The molecule has 0 bridgehead atoms. The van der Waals surface area contributed by atoms with E-state index in [1.165, 1.54) is 4.31 Å². The summed E-state index contributed by atoms with van der Waals surface area (Å²) in [7, 11) is -3.76. The number of sulfonamides is 1. The summed E-state index contributed by atoms with van der Waals surface area (Å²) in [5, 5.41) is 4.66. The number of fused-ring (bicyclic) bond motifs is 1. The maximum absolute atomic E-state index is 13.3. The van der Waals surface area contributed by atoms with Gasteiger partial charge in [-0.1, -0.05) is 48.5 Å². The van der Waals surface area contributed by atoms with E-state index in [4.69, 9.17) is 4.74 Å². The van der Waals surface area contributed by atoms with Crippen LogP contribution in [0.4, 0.5) is 0 Å². The number of benzene rings is 3. The van der Waals surface area contributed by atoms with Crippen LogP contribution in [0.15, 0.2) is 71.6 Å². The summed E-state index contributed by atoms with van der Waals surface area (Å²) in [4.78, 5) is 13.0. The lowest BCUT2D eigenvalue weighted by molar-refractivity contribution is -0.124. The maximum Gasteiger partial charge on any atom is 0.243 e. The fourth-order valence-electron chi connectivity index (χ4n) is 3.92. The van der Waals surface area contributed by atoms with Crippen LogP contribution in [0.3, 0.4) is 0 Å². The second kappa shape index (κ2) is 9.08. The zero-order valence-corrected chi connectivity index (χ0v) is 18.3. The first-order valence-electron chi connectivity index (χ1n) is 10.4. The minimum Gasteiger partial charge on any atom is -0.491 e. The van der Waals surface area contributed by atoms with Gasteiger partial charge in [0, 0.05) is 6.54 Å². The highest BCUT2D eigenvalue weighted by Crippen LogP contribution is 2.28. The molecule has 1 saturated heterocycles. The number of amides is 1. The summed E-state index contributed by atoms with van der Waals surface area (Å²) in [6.07, 6.45) is 1.17. The third-order valence-corrected chi connectivity index (χ3v) is 7.49. The molecular weight excluding hydrogens is 412 g/mol. The topological polar surface area (TPSA) is 75.7 Å². The van der Waals surface area contributed by atoms with E-state index in [0.717, 1.165) is 22.1 Å². The molecule has 1 unspecified atom stereocenters. The summed E-state index contributed by atoms with van der Waals surface area (Å²) < 4.78 is 33.6. The molecule has 1 atom stereocenters. The summed E-state index contributed by atoms with van der Waals surface area (Å²) in [6, 6.07) is 19.7. The van der Waals surface area contributed by atoms with Crippen molar-refractivity contribution in [1.29, 1.82) is 0 Å². The van der Waals surface area contributed by atoms with Gasteiger partial charge in [0.05, 0.1) is 11.4 Å². The lowest BCUT2D eigenvalue weighted by Gasteiger charge is -2.23. The van der Waals surface area contributed by atoms with Gasteiger partial charge in [0.2, 0.25) is 15.9 Å². The van der Waals surface area contributed by atoms with Crippen LogP contribution < -0.4 is 10.1 Å². The van der Waals surface area contributed by atoms with Crippen molar-refractivity contribution in [1.82, 2.24) is 9.62 Å². The Morgan fingerprint density at radius 2 is 1.81 bits per heavy atom. The van der Waals surface area contributed by atoms with Crippen LogP contribution in [-0.2, 0) is 14.8 Å². The molecule has 1 fully saturated rings. The Hall–Kier alpha value is -2.90. The van der Waals surface area contributed by atoms with Gasteiger partial charge in [-0.05, 0) is 54.3 Å². The maximum atomic E-state index is 13.3. The van der Waals surface area contributed by atoms with Crippen molar-refractivity contribution >= 4 is 26.7 Å². The fourth-order valence-corrected chi connectivity index (χ4v) is 5.62. The van der Waals surface area contributed by atoms with Crippen molar-refractivity contribution in [2.75, 3.05) is 19.7 Å². The average molecular weight is 439 g/mol. The third kappa shape index (κ3) is 4.57. The predicted octanol–water partition coefficient (Wildman–Crippen LogP) is 3.50. The van der Waals surface area contributed by atoms with Gasteiger partial charge in [-0.15, -0.1) is 0 Å². The van der Waals surface area contributed by atoms with Crippen LogP contribution in [0, 0.1) is 6.92 Å². The molecule has 7 heteroatoms. The van der Waals surface area contributed by atoms with Gasteiger partial charge in [0.15, 0.2) is 0 Å². The van der Waals surface area contributed by atoms with Crippen LogP contribution in [0.5, 0.6) is 5.75 Å². The molecule has 1 aliphatic rings. The SMILES string of the molecule is Cc1ccccc1OCCNC(=O)C1CCCN1S(=O)(=O)c1ccc2ccccc2c1. The summed E-state index contributed by atoms with van der Waals surface area (Å²) in [5.74, 6) is 0.494. The van der Waals surface area contributed by atoms with Crippen LogP contribution in [0.1, 0.15) is 18.4 Å². The molecule has 1 aliphatic heterocycles. The number of hydrogen-bond acceptors (Lipinski definition) is 4. The number of nitrogens with one attached hydrogen (secondary N) is 1. The molecule has 31 heavy (non-hydrogen) atoms. The average Bonchev–Trinajstić information content (AvgIpc) is 3.28. The molecule has 4 rings (SSSR count). The molecule has 0 radical (unpaired) electrons. The minimum absolute atomic E-state index is 0.216. The highest BCUT2D eigenvalue weighted by molar-refractivity contribution is 7.89. The van der Waals surface area contributed by atoms with Gasteiger partial charge in [-0.25, -0.2) is 8.42 Å². The highest BCUT2D eigenvalue weighted by atomic mass is 32.2. The second-order valence-electron chi connectivity index (χ2n) is 7.69. The third-order valence-electron chi connectivity index (χ3n) is 5.59. The van der Waals surface area contributed by atoms with E-state index in [2.05, 4.69) is 5.32 Å². The van der Waals surface area contributed by atoms with Crippen LogP contribution >= 0.6 is 0 Å². The van der Waals surface area contributed by atoms with Crippen molar-refractivity contribution in [3.05, 3.63) is 72.3 Å². The van der Waals surface area contributed by atoms with Gasteiger partial charge in [-0.2, -0.15) is 4.31 Å². The standard InChI is InChI=1S/C24H26N2O4S/c1-18-7-2-5-11-23(18)30-16-14-25-24(27)22-10-6-15-26(22)31(28,29)21-13-12-19-8-3-4-9-20(19)17-21/h2-5,7-9,11-13,17,22H,6,10,14-16H2,1H3,(H,25,27). The van der Waals surface area contributed by atoms with Gasteiger partial charge in [0.1, 0.15) is 18.4 Å². The van der Waals surface area contributed by atoms with E-state index >= 15 is 0 Å². The largest absolute Gasteiger partial charge is 0.491 e. The van der Waals surface area contributed by atoms with Crippen molar-refractivity contribution in [3.8, 4) is 5.75 Å². The number of para-hydroxylation sites is 1. The van der Waals surface area contributed by atoms with Crippen molar-refractivity contribution in [2.24, 2.45) is 0 Å². The van der Waals surface area contributed by atoms with Crippen molar-refractivity contribution < 1.29 is 17.9 Å². The molecule has 6 nitrogen and oxygen atoms in total. The van der Waals surface area contributed by atoms with Crippen molar-refractivity contribution in [2.45, 2.75) is 30.7 Å². The fraction of sp³-hybridized carbons (Fsp3) is 0.292. The number of aryl methyl sites for hydroxylation is 1. The summed E-state index contributed by atoms with van der Waals surface area (Å²) in [5.41, 5.74) is 1.03. The number of carbonyl (C=O) groups is 1. The van der Waals surface area contributed by atoms with Gasteiger partial charge < -0.3 is 10.1 Å². The molecule has 1 N–H and O–H groups in total. The molecule has 0 spiro atoms. The lowest BCUT2D eigenvalue weighted by Crippen LogP contribution is -2.46. The molecule has 1 heterocycles. The van der Waals surface area contributed by atoms with Crippen LogP contribution in [0.2, 0.25) is 0 Å². The quantitative estimate of drug-likeness (QED) is 0.573. The first kappa shape index (κ1) is 21.3. The van der Waals surface area contributed by atoms with Crippen molar-refractivity contribution in [3.63, 3.8) is 0 Å². The second-order valence-corrected chi connectivity index (χ2v) is 9.58. The number of carbonyl (C=O) groups excluding carboxylic acids is 1. The molecule has 0 aliphatic carbocycles. The monoisotopic (exact) mass is 438 g/mol. The molecular formula is C24H26N2O4S. The predicted molar refractivity (Wildman–Crippen MR) is 121 cm³/mol. The number of ether oxygens (including phenoxy) is 1.